The minimum absolute atomic E-state index is 0.132. The van der Waals surface area contributed by atoms with Crippen molar-refractivity contribution in [3.8, 4) is 0 Å². The summed E-state index contributed by atoms with van der Waals surface area (Å²) in [6.07, 6.45) is 4.19. The van der Waals surface area contributed by atoms with Gasteiger partial charge in [-0.3, -0.25) is 4.79 Å². The fourth-order valence-corrected chi connectivity index (χ4v) is 2.67. The van der Waals surface area contributed by atoms with E-state index in [-0.39, 0.29) is 17.4 Å². The molecule has 2 aromatic rings. The smallest absolute Gasteiger partial charge is 0.265 e. The Morgan fingerprint density at radius 2 is 2.25 bits per heavy atom. The van der Waals surface area contributed by atoms with E-state index in [0.29, 0.717) is 4.88 Å². The van der Waals surface area contributed by atoms with Crippen molar-refractivity contribution in [2.45, 2.75) is 45.6 Å². The Morgan fingerprint density at radius 1 is 1.50 bits per heavy atom. The summed E-state index contributed by atoms with van der Waals surface area (Å²) in [6.45, 7) is 8.06. The predicted octanol–water partition coefficient (Wildman–Crippen LogP) is 2.44. The zero-order chi connectivity index (χ0) is 14.8. The molecule has 1 atom stereocenters. The van der Waals surface area contributed by atoms with Gasteiger partial charge in [-0.2, -0.15) is 0 Å². The summed E-state index contributed by atoms with van der Waals surface area (Å²) in [5, 5.41) is 7.07. The van der Waals surface area contributed by atoms with Crippen LogP contribution in [-0.2, 0) is 5.41 Å². The number of carbonyl (C=O) groups excluding carboxylic acids is 1. The second-order valence-corrected chi connectivity index (χ2v) is 6.36. The Kier molecular flexibility index (Phi) is 4.17. The van der Waals surface area contributed by atoms with Gasteiger partial charge >= 0.3 is 0 Å². The number of nitrogens with zero attached hydrogens (tertiary/aromatic N) is 3. The Morgan fingerprint density at radius 3 is 2.80 bits per heavy atom. The number of H-pyrrole nitrogens is 1. The number of rotatable bonds is 4. The molecule has 20 heavy (non-hydrogen) atoms. The van der Waals surface area contributed by atoms with Crippen molar-refractivity contribution in [1.29, 1.82) is 0 Å². The molecule has 6 nitrogen and oxygen atoms in total. The van der Waals surface area contributed by atoms with Gasteiger partial charge < -0.3 is 10.3 Å². The van der Waals surface area contributed by atoms with Crippen LogP contribution in [0.5, 0.6) is 0 Å². The van der Waals surface area contributed by atoms with Crippen molar-refractivity contribution in [3.63, 3.8) is 0 Å². The van der Waals surface area contributed by atoms with Gasteiger partial charge in [0.15, 0.2) is 0 Å². The van der Waals surface area contributed by atoms with E-state index in [0.717, 1.165) is 29.5 Å². The minimum Gasteiger partial charge on any atom is -0.347 e. The zero-order valence-electron chi connectivity index (χ0n) is 12.1. The topological polar surface area (TPSA) is 83.6 Å². The van der Waals surface area contributed by atoms with Gasteiger partial charge in [0.1, 0.15) is 10.7 Å². The van der Waals surface area contributed by atoms with Crippen LogP contribution in [0.3, 0.4) is 0 Å². The highest BCUT2D eigenvalue weighted by Gasteiger charge is 2.27. The van der Waals surface area contributed by atoms with E-state index >= 15 is 0 Å². The molecule has 0 aromatic carbocycles. The molecule has 0 aliphatic carbocycles. The standard InChI is InChI=1S/C13H19N5OS/c1-5-8(11-14-6-7-15-11)16-12(19)9-10(13(2,3)4)17-18-20-9/h6-8H,5H2,1-4H3,(H,14,15)(H,16,19). The van der Waals surface area contributed by atoms with Crippen molar-refractivity contribution < 1.29 is 4.79 Å². The third kappa shape index (κ3) is 3.04. The fraction of sp³-hybridized carbons (Fsp3) is 0.538. The molecule has 0 bridgehead atoms. The summed E-state index contributed by atoms with van der Waals surface area (Å²) in [4.78, 5) is 20.2. The normalized spacial score (nSPS) is 13.2. The second-order valence-electron chi connectivity index (χ2n) is 5.61. The second kappa shape index (κ2) is 5.70. The molecule has 2 heterocycles. The highest BCUT2D eigenvalue weighted by molar-refractivity contribution is 7.08. The Hall–Kier alpha value is -1.76. The van der Waals surface area contributed by atoms with E-state index < -0.39 is 0 Å². The molecule has 2 N–H and O–H groups in total. The van der Waals surface area contributed by atoms with Gasteiger partial charge in [-0.1, -0.05) is 32.2 Å². The molecule has 0 fully saturated rings. The molecule has 0 spiro atoms. The Bertz CT molecular complexity index is 570. The average molecular weight is 293 g/mol. The lowest BCUT2D eigenvalue weighted by molar-refractivity contribution is 0.0935. The third-order valence-electron chi connectivity index (χ3n) is 2.97. The first-order chi connectivity index (χ1) is 9.43. The van der Waals surface area contributed by atoms with Gasteiger partial charge in [0.25, 0.3) is 5.91 Å². The van der Waals surface area contributed by atoms with Crippen molar-refractivity contribution in [2.75, 3.05) is 0 Å². The maximum atomic E-state index is 12.4. The molecule has 7 heteroatoms. The SMILES string of the molecule is CCC(NC(=O)c1snnc1C(C)(C)C)c1ncc[nH]1. The predicted molar refractivity (Wildman–Crippen MR) is 77.7 cm³/mol. The lowest BCUT2D eigenvalue weighted by Crippen LogP contribution is -2.30. The number of carbonyl (C=O) groups is 1. The van der Waals surface area contributed by atoms with Crippen LogP contribution in [0.1, 0.15) is 61.3 Å². The molecular weight excluding hydrogens is 274 g/mol. The van der Waals surface area contributed by atoms with Crippen LogP contribution in [0.4, 0.5) is 0 Å². The summed E-state index contributed by atoms with van der Waals surface area (Å²) in [5.74, 6) is 0.615. The number of aromatic nitrogens is 4. The quantitative estimate of drug-likeness (QED) is 0.907. The molecule has 2 aromatic heterocycles. The maximum Gasteiger partial charge on any atom is 0.265 e. The van der Waals surface area contributed by atoms with E-state index in [2.05, 4.69) is 24.9 Å². The molecule has 1 unspecified atom stereocenters. The van der Waals surface area contributed by atoms with Gasteiger partial charge in [-0.25, -0.2) is 4.98 Å². The lowest BCUT2D eigenvalue weighted by Gasteiger charge is -2.18. The summed E-state index contributed by atoms with van der Waals surface area (Å²) in [7, 11) is 0. The number of aromatic amines is 1. The molecule has 0 aliphatic rings. The maximum absolute atomic E-state index is 12.4. The minimum atomic E-state index is -0.202. The summed E-state index contributed by atoms with van der Waals surface area (Å²) < 4.78 is 3.91. The van der Waals surface area contributed by atoms with Crippen molar-refractivity contribution >= 4 is 17.4 Å². The van der Waals surface area contributed by atoms with Crippen LogP contribution >= 0.6 is 11.5 Å². The number of nitrogens with one attached hydrogen (secondary N) is 2. The molecule has 0 aliphatic heterocycles. The molecule has 108 valence electrons. The van der Waals surface area contributed by atoms with E-state index in [1.165, 1.54) is 0 Å². The van der Waals surface area contributed by atoms with Gasteiger partial charge in [0, 0.05) is 17.8 Å². The molecule has 0 radical (unpaired) electrons. The van der Waals surface area contributed by atoms with E-state index in [4.69, 9.17) is 0 Å². The number of amides is 1. The van der Waals surface area contributed by atoms with Crippen LogP contribution in [0.2, 0.25) is 0 Å². The van der Waals surface area contributed by atoms with E-state index in [1.54, 1.807) is 12.4 Å². The van der Waals surface area contributed by atoms with Gasteiger partial charge in [0.05, 0.1) is 11.7 Å². The van der Waals surface area contributed by atoms with Crippen LogP contribution in [0, 0.1) is 0 Å². The number of hydrogen-bond donors (Lipinski definition) is 2. The molecule has 2 rings (SSSR count). The van der Waals surface area contributed by atoms with Gasteiger partial charge in [-0.15, -0.1) is 5.10 Å². The average Bonchev–Trinajstić information content (AvgIpc) is 3.04. The summed E-state index contributed by atoms with van der Waals surface area (Å²) in [6, 6.07) is -0.132. The first-order valence-corrected chi connectivity index (χ1v) is 7.33. The van der Waals surface area contributed by atoms with E-state index in [9.17, 15) is 4.79 Å². The van der Waals surface area contributed by atoms with E-state index in [1.807, 2.05) is 27.7 Å². The summed E-state index contributed by atoms with van der Waals surface area (Å²) in [5.41, 5.74) is 0.529. The van der Waals surface area contributed by atoms with Crippen molar-refractivity contribution in [2.24, 2.45) is 0 Å². The summed E-state index contributed by atoms with van der Waals surface area (Å²) >= 11 is 1.13. The van der Waals surface area contributed by atoms with Crippen LogP contribution in [-0.4, -0.2) is 25.5 Å². The molecular formula is C13H19N5OS. The van der Waals surface area contributed by atoms with Crippen LogP contribution < -0.4 is 5.32 Å². The fourth-order valence-electron chi connectivity index (χ4n) is 1.89. The molecule has 0 saturated heterocycles. The molecule has 0 saturated carbocycles. The number of imidazole rings is 1. The zero-order valence-corrected chi connectivity index (χ0v) is 12.9. The monoisotopic (exact) mass is 293 g/mol. The van der Waals surface area contributed by atoms with Crippen LogP contribution in [0.15, 0.2) is 12.4 Å². The molecule has 1 amide bonds. The van der Waals surface area contributed by atoms with Crippen molar-refractivity contribution in [1.82, 2.24) is 24.9 Å². The first kappa shape index (κ1) is 14.6. The number of hydrogen-bond acceptors (Lipinski definition) is 5. The first-order valence-electron chi connectivity index (χ1n) is 6.56. The highest BCUT2D eigenvalue weighted by atomic mass is 32.1. The van der Waals surface area contributed by atoms with Crippen molar-refractivity contribution in [3.05, 3.63) is 28.8 Å². The van der Waals surface area contributed by atoms with Gasteiger partial charge in [0.2, 0.25) is 0 Å². The van der Waals surface area contributed by atoms with Gasteiger partial charge in [-0.05, 0) is 18.0 Å². The Labute approximate surface area is 122 Å². The lowest BCUT2D eigenvalue weighted by atomic mass is 9.91. The van der Waals surface area contributed by atoms with Crippen LogP contribution in [0.25, 0.3) is 0 Å². The third-order valence-corrected chi connectivity index (χ3v) is 3.69. The highest BCUT2D eigenvalue weighted by Crippen LogP contribution is 2.26. The Balaban J connectivity index is 2.18. The largest absolute Gasteiger partial charge is 0.347 e.